The molecular weight excluding hydrogens is 264 g/mol. The molecule has 1 N–H and O–H groups in total. The lowest BCUT2D eigenvalue weighted by atomic mass is 9.78. The molecule has 2 unspecified atom stereocenters. The van der Waals surface area contributed by atoms with Gasteiger partial charge in [-0.3, -0.25) is 4.90 Å². The maximum Gasteiger partial charge on any atom is 0.162 e. The zero-order valence-corrected chi connectivity index (χ0v) is 11.5. The fourth-order valence-corrected chi connectivity index (χ4v) is 3.42. The summed E-state index contributed by atoms with van der Waals surface area (Å²) in [5.41, 5.74) is -0.740. The Kier molecular flexibility index (Phi) is 3.52. The minimum atomic E-state index is -0.986. The zero-order chi connectivity index (χ0) is 14.3. The van der Waals surface area contributed by atoms with Gasteiger partial charge in [-0.1, -0.05) is 12.1 Å². The number of ether oxygens (including phenoxy) is 1. The van der Waals surface area contributed by atoms with Crippen LogP contribution in [0.15, 0.2) is 18.2 Å². The van der Waals surface area contributed by atoms with Crippen molar-refractivity contribution in [2.75, 3.05) is 20.3 Å². The Morgan fingerprint density at radius 2 is 1.95 bits per heavy atom. The number of nitrogens with zero attached hydrogens (tertiary/aromatic N) is 1. The van der Waals surface area contributed by atoms with Crippen LogP contribution in [0.1, 0.15) is 18.4 Å². The van der Waals surface area contributed by atoms with Crippen LogP contribution in [0.3, 0.4) is 0 Å². The van der Waals surface area contributed by atoms with Gasteiger partial charge >= 0.3 is 0 Å². The molecule has 0 aliphatic carbocycles. The minimum absolute atomic E-state index is 0.143. The molecule has 0 spiro atoms. The Morgan fingerprint density at radius 3 is 2.60 bits per heavy atom. The zero-order valence-electron chi connectivity index (χ0n) is 11.5. The van der Waals surface area contributed by atoms with Crippen LogP contribution in [-0.2, 0) is 11.2 Å². The third-order valence-electron chi connectivity index (χ3n) is 4.55. The predicted octanol–water partition coefficient (Wildman–Crippen LogP) is 1.73. The van der Waals surface area contributed by atoms with Gasteiger partial charge in [-0.05, 0) is 31.5 Å². The van der Waals surface area contributed by atoms with Crippen LogP contribution >= 0.6 is 0 Å². The molecule has 1 aromatic rings. The van der Waals surface area contributed by atoms with Crippen LogP contribution in [0.25, 0.3) is 0 Å². The monoisotopic (exact) mass is 283 g/mol. The first-order chi connectivity index (χ1) is 9.48. The van der Waals surface area contributed by atoms with Crippen molar-refractivity contribution in [1.29, 1.82) is 0 Å². The van der Waals surface area contributed by atoms with Crippen LogP contribution in [0.2, 0.25) is 0 Å². The number of rotatable bonds is 2. The Bertz CT molecular complexity index is 495. The van der Waals surface area contributed by atoms with Gasteiger partial charge in [0.25, 0.3) is 0 Å². The van der Waals surface area contributed by atoms with E-state index in [9.17, 15) is 13.9 Å². The molecule has 20 heavy (non-hydrogen) atoms. The van der Waals surface area contributed by atoms with Crippen molar-refractivity contribution in [1.82, 2.24) is 4.90 Å². The second kappa shape index (κ2) is 5.06. The number of benzene rings is 1. The van der Waals surface area contributed by atoms with Crippen molar-refractivity contribution in [3.05, 3.63) is 35.4 Å². The van der Waals surface area contributed by atoms with E-state index >= 15 is 0 Å². The maximum absolute atomic E-state index is 13.8. The summed E-state index contributed by atoms with van der Waals surface area (Å²) < 4.78 is 32.5. The van der Waals surface area contributed by atoms with Gasteiger partial charge < -0.3 is 9.84 Å². The second-order valence-electron chi connectivity index (χ2n) is 6.03. The van der Waals surface area contributed by atoms with Crippen LogP contribution in [0.4, 0.5) is 8.78 Å². The summed E-state index contributed by atoms with van der Waals surface area (Å²) in [6.45, 7) is 1.17. The molecule has 2 saturated heterocycles. The van der Waals surface area contributed by atoms with Crippen molar-refractivity contribution >= 4 is 0 Å². The average molecular weight is 283 g/mol. The first-order valence-electron chi connectivity index (χ1n) is 6.93. The molecule has 2 heterocycles. The highest BCUT2D eigenvalue weighted by molar-refractivity contribution is 5.21. The first kappa shape index (κ1) is 13.9. The number of aliphatic hydroxyl groups is 1. The number of hydrogen-bond donors (Lipinski definition) is 1. The molecule has 0 radical (unpaired) electrons. The van der Waals surface area contributed by atoms with E-state index in [0.717, 1.165) is 6.07 Å². The lowest BCUT2D eigenvalue weighted by molar-refractivity contribution is -0.133. The molecule has 2 atom stereocenters. The molecule has 110 valence electrons. The van der Waals surface area contributed by atoms with Gasteiger partial charge in [-0.25, -0.2) is 8.78 Å². The summed E-state index contributed by atoms with van der Waals surface area (Å²) in [7, 11) is 2.03. The molecule has 2 aliphatic heterocycles. The lowest BCUT2D eigenvalue weighted by Crippen LogP contribution is -2.60. The van der Waals surface area contributed by atoms with Gasteiger partial charge in [0.1, 0.15) is 0 Å². The standard InChI is InChI=1S/C15H19F2NO2/c1-18-11-6-15(19,7-12(18)9-20-8-11)5-10-3-2-4-13(16)14(10)17/h2-4,11-12,19H,5-9H2,1H3. The summed E-state index contributed by atoms with van der Waals surface area (Å²) in [5, 5.41) is 10.8. The molecule has 5 heteroatoms. The van der Waals surface area contributed by atoms with E-state index in [0.29, 0.717) is 26.1 Å². The quantitative estimate of drug-likeness (QED) is 0.897. The smallest absolute Gasteiger partial charge is 0.162 e. The Hall–Kier alpha value is -1.04. The van der Waals surface area contributed by atoms with E-state index in [1.807, 2.05) is 7.05 Å². The second-order valence-corrected chi connectivity index (χ2v) is 6.03. The number of piperidine rings is 1. The fourth-order valence-electron chi connectivity index (χ4n) is 3.42. The van der Waals surface area contributed by atoms with Crippen LogP contribution in [0.5, 0.6) is 0 Å². The van der Waals surface area contributed by atoms with Crippen LogP contribution < -0.4 is 0 Å². The van der Waals surface area contributed by atoms with Crippen molar-refractivity contribution in [3.63, 3.8) is 0 Å². The van der Waals surface area contributed by atoms with Crippen molar-refractivity contribution in [2.45, 2.75) is 36.9 Å². The first-order valence-corrected chi connectivity index (χ1v) is 6.93. The van der Waals surface area contributed by atoms with Crippen LogP contribution in [0, 0.1) is 11.6 Å². The van der Waals surface area contributed by atoms with Crippen molar-refractivity contribution in [3.8, 4) is 0 Å². The topological polar surface area (TPSA) is 32.7 Å². The molecule has 0 aromatic heterocycles. The van der Waals surface area contributed by atoms with Gasteiger partial charge in [0, 0.05) is 18.5 Å². The number of likely N-dealkylation sites (N-methyl/N-ethyl adjacent to an activating group) is 1. The Labute approximate surface area is 117 Å². The number of hydrogen-bond acceptors (Lipinski definition) is 3. The van der Waals surface area contributed by atoms with E-state index < -0.39 is 17.2 Å². The Morgan fingerprint density at radius 1 is 1.30 bits per heavy atom. The normalized spacial score (nSPS) is 34.2. The molecule has 0 amide bonds. The molecule has 2 fully saturated rings. The molecule has 2 bridgehead atoms. The average Bonchev–Trinajstić information content (AvgIpc) is 2.37. The van der Waals surface area contributed by atoms with E-state index in [-0.39, 0.29) is 24.1 Å². The number of morpholine rings is 1. The van der Waals surface area contributed by atoms with Gasteiger partial charge in [0.05, 0.1) is 18.8 Å². The van der Waals surface area contributed by atoms with Crippen LogP contribution in [-0.4, -0.2) is 48.0 Å². The SMILES string of the molecule is CN1C2COCC1CC(O)(Cc1cccc(F)c1F)C2. The predicted molar refractivity (Wildman–Crippen MR) is 70.4 cm³/mol. The van der Waals surface area contributed by atoms with Crippen molar-refractivity contribution < 1.29 is 18.6 Å². The van der Waals surface area contributed by atoms with E-state index in [1.165, 1.54) is 6.07 Å². The van der Waals surface area contributed by atoms with E-state index in [2.05, 4.69) is 4.90 Å². The Balaban J connectivity index is 1.81. The molecule has 3 nitrogen and oxygen atoms in total. The summed E-state index contributed by atoms with van der Waals surface area (Å²) >= 11 is 0. The molecule has 1 aromatic carbocycles. The highest BCUT2D eigenvalue weighted by atomic mass is 19.2. The van der Waals surface area contributed by atoms with Crippen molar-refractivity contribution in [2.24, 2.45) is 0 Å². The fraction of sp³-hybridized carbons (Fsp3) is 0.600. The lowest BCUT2D eigenvalue weighted by Gasteiger charge is -2.50. The molecular formula is C15H19F2NO2. The van der Waals surface area contributed by atoms with E-state index in [1.54, 1.807) is 6.07 Å². The number of fused-ring (bicyclic) bond motifs is 2. The highest BCUT2D eigenvalue weighted by Crippen LogP contribution is 2.36. The van der Waals surface area contributed by atoms with Gasteiger partial charge in [0.15, 0.2) is 11.6 Å². The summed E-state index contributed by atoms with van der Waals surface area (Å²) in [6, 6.07) is 4.41. The molecule has 0 saturated carbocycles. The summed E-state index contributed by atoms with van der Waals surface area (Å²) in [5.74, 6) is -1.70. The van der Waals surface area contributed by atoms with Gasteiger partial charge in [0.2, 0.25) is 0 Å². The maximum atomic E-state index is 13.8. The number of halogens is 2. The minimum Gasteiger partial charge on any atom is -0.389 e. The molecule has 2 aliphatic rings. The van der Waals surface area contributed by atoms with Gasteiger partial charge in [-0.15, -0.1) is 0 Å². The van der Waals surface area contributed by atoms with Gasteiger partial charge in [-0.2, -0.15) is 0 Å². The molecule has 3 rings (SSSR count). The van der Waals surface area contributed by atoms with E-state index in [4.69, 9.17) is 4.74 Å². The summed E-state index contributed by atoms with van der Waals surface area (Å²) in [6.07, 6.45) is 1.20. The highest BCUT2D eigenvalue weighted by Gasteiger charge is 2.44. The third-order valence-corrected chi connectivity index (χ3v) is 4.55. The largest absolute Gasteiger partial charge is 0.389 e. The third kappa shape index (κ3) is 2.45. The summed E-state index contributed by atoms with van der Waals surface area (Å²) in [4.78, 5) is 2.22.